The fourth-order valence-electron chi connectivity index (χ4n) is 1.78. The lowest BCUT2D eigenvalue weighted by Crippen LogP contribution is -2.34. The number of rotatable bonds is 4. The molecule has 0 aliphatic heterocycles. The van der Waals surface area contributed by atoms with Crippen LogP contribution >= 0.6 is 0 Å². The van der Waals surface area contributed by atoms with Gasteiger partial charge in [0, 0.05) is 11.4 Å². The lowest BCUT2D eigenvalue weighted by atomic mass is 10.2. The molecule has 2 aromatic rings. The van der Waals surface area contributed by atoms with E-state index in [0.29, 0.717) is 18.2 Å². The number of anilines is 1. The number of H-pyrrole nitrogens is 1. The van der Waals surface area contributed by atoms with Crippen molar-refractivity contribution in [3.05, 3.63) is 18.2 Å². The molecule has 0 saturated carbocycles. The summed E-state index contributed by atoms with van der Waals surface area (Å²) in [7, 11) is 0. The van der Waals surface area contributed by atoms with E-state index in [2.05, 4.69) is 32.7 Å². The van der Waals surface area contributed by atoms with Crippen LogP contribution in [0, 0.1) is 11.8 Å². The van der Waals surface area contributed by atoms with Crippen molar-refractivity contribution in [2.24, 2.45) is 0 Å². The molecule has 0 saturated heterocycles. The number of fused-ring (bicyclic) bond motifs is 1. The number of amides is 2. The maximum atomic E-state index is 11.7. The third-order valence-electron chi connectivity index (χ3n) is 2.67. The number of aromatic amines is 1. The first-order valence-electron chi connectivity index (χ1n) is 6.68. The molecule has 21 heavy (non-hydrogen) atoms. The highest BCUT2D eigenvalue weighted by Crippen LogP contribution is 2.25. The average Bonchev–Trinajstić information content (AvgIpc) is 2.81. The first-order valence-corrected chi connectivity index (χ1v) is 6.68. The van der Waals surface area contributed by atoms with Crippen LogP contribution < -0.4 is 15.4 Å². The Kier molecular flexibility index (Phi) is 4.67. The number of carbonyl (C=O) groups excluding carboxylic acids is 1. The summed E-state index contributed by atoms with van der Waals surface area (Å²) < 4.78 is 5.50. The Morgan fingerprint density at radius 2 is 2.29 bits per heavy atom. The minimum Gasteiger partial charge on any atom is -0.481 e. The highest BCUT2D eigenvalue weighted by atomic mass is 16.5. The Labute approximate surface area is 123 Å². The van der Waals surface area contributed by atoms with E-state index in [9.17, 15) is 4.79 Å². The zero-order valence-corrected chi connectivity index (χ0v) is 12.3. The average molecular weight is 286 g/mol. The summed E-state index contributed by atoms with van der Waals surface area (Å²) >= 11 is 0. The Balaban J connectivity index is 2.17. The molecule has 2 rings (SSSR count). The Morgan fingerprint density at radius 3 is 3.00 bits per heavy atom. The van der Waals surface area contributed by atoms with Crippen molar-refractivity contribution in [2.45, 2.75) is 26.8 Å². The molecule has 2 amide bonds. The summed E-state index contributed by atoms with van der Waals surface area (Å²) in [6, 6.07) is 5.27. The fraction of sp³-hybridized carbons (Fsp3) is 0.333. The van der Waals surface area contributed by atoms with Gasteiger partial charge in [-0.3, -0.25) is 10.4 Å². The van der Waals surface area contributed by atoms with Gasteiger partial charge in [-0.1, -0.05) is 5.92 Å². The summed E-state index contributed by atoms with van der Waals surface area (Å²) in [6.07, 6.45) is 0. The number of nitrogens with zero attached hydrogens (tertiary/aromatic N) is 1. The standard InChI is InChI=1S/C15H18N4O2/c1-4-5-8-21-11-6-7-13-12(9-11)14(19-18-13)17-15(20)16-10(2)3/h6-7,9-10H,8H2,1-3H3,(H3,16,17,18,19,20). The Bertz CT molecular complexity index is 694. The fourth-order valence-corrected chi connectivity index (χ4v) is 1.78. The van der Waals surface area contributed by atoms with Crippen molar-refractivity contribution in [1.29, 1.82) is 0 Å². The number of hydrogen-bond donors (Lipinski definition) is 3. The predicted octanol–water partition coefficient (Wildman–Crippen LogP) is 2.49. The van der Waals surface area contributed by atoms with Gasteiger partial charge in [-0.05, 0) is 39.0 Å². The molecule has 0 spiro atoms. The van der Waals surface area contributed by atoms with E-state index in [1.807, 2.05) is 32.0 Å². The molecule has 0 atom stereocenters. The van der Waals surface area contributed by atoms with Crippen LogP contribution in [0.25, 0.3) is 10.9 Å². The van der Waals surface area contributed by atoms with Gasteiger partial charge in [0.15, 0.2) is 5.82 Å². The third kappa shape index (κ3) is 3.89. The maximum absolute atomic E-state index is 11.7. The van der Waals surface area contributed by atoms with E-state index in [0.717, 1.165) is 10.9 Å². The summed E-state index contributed by atoms with van der Waals surface area (Å²) in [4.78, 5) is 11.7. The molecule has 0 fully saturated rings. The molecule has 3 N–H and O–H groups in total. The van der Waals surface area contributed by atoms with E-state index >= 15 is 0 Å². The maximum Gasteiger partial charge on any atom is 0.320 e. The smallest absolute Gasteiger partial charge is 0.320 e. The number of nitrogens with one attached hydrogen (secondary N) is 3. The van der Waals surface area contributed by atoms with Crippen molar-refractivity contribution in [3.63, 3.8) is 0 Å². The van der Waals surface area contributed by atoms with Crippen LogP contribution in [0.4, 0.5) is 10.6 Å². The van der Waals surface area contributed by atoms with Crippen LogP contribution in [0.2, 0.25) is 0 Å². The Hall–Kier alpha value is -2.68. The zero-order valence-electron chi connectivity index (χ0n) is 12.3. The zero-order chi connectivity index (χ0) is 15.2. The lowest BCUT2D eigenvalue weighted by Gasteiger charge is -2.08. The second kappa shape index (κ2) is 6.66. The third-order valence-corrected chi connectivity index (χ3v) is 2.67. The molecule has 1 aromatic carbocycles. The van der Waals surface area contributed by atoms with E-state index in [4.69, 9.17) is 4.74 Å². The minimum absolute atomic E-state index is 0.0571. The highest BCUT2D eigenvalue weighted by Gasteiger charge is 2.10. The lowest BCUT2D eigenvalue weighted by molar-refractivity contribution is 0.250. The molecule has 0 aliphatic rings. The predicted molar refractivity (Wildman–Crippen MR) is 82.3 cm³/mol. The second-order valence-corrected chi connectivity index (χ2v) is 4.75. The van der Waals surface area contributed by atoms with Gasteiger partial charge in [-0.15, -0.1) is 5.92 Å². The van der Waals surface area contributed by atoms with E-state index < -0.39 is 0 Å². The quantitative estimate of drug-likeness (QED) is 0.755. The van der Waals surface area contributed by atoms with Crippen LogP contribution in [-0.2, 0) is 0 Å². The molecular weight excluding hydrogens is 268 g/mol. The normalized spacial score (nSPS) is 10.1. The number of ether oxygens (including phenoxy) is 1. The molecule has 6 heteroatoms. The SMILES string of the molecule is CC#CCOc1ccc2[nH]nc(NC(=O)NC(C)C)c2c1. The molecule has 1 heterocycles. The van der Waals surface area contributed by atoms with Gasteiger partial charge >= 0.3 is 6.03 Å². The topological polar surface area (TPSA) is 79.0 Å². The van der Waals surface area contributed by atoms with Crippen LogP contribution in [0.1, 0.15) is 20.8 Å². The van der Waals surface area contributed by atoms with Gasteiger partial charge < -0.3 is 10.1 Å². The van der Waals surface area contributed by atoms with E-state index in [-0.39, 0.29) is 12.1 Å². The van der Waals surface area contributed by atoms with Gasteiger partial charge in [0.1, 0.15) is 12.4 Å². The Morgan fingerprint density at radius 1 is 1.48 bits per heavy atom. The van der Waals surface area contributed by atoms with Crippen molar-refractivity contribution < 1.29 is 9.53 Å². The van der Waals surface area contributed by atoms with Gasteiger partial charge in [0.25, 0.3) is 0 Å². The van der Waals surface area contributed by atoms with Crippen molar-refractivity contribution in [3.8, 4) is 17.6 Å². The van der Waals surface area contributed by atoms with E-state index in [1.165, 1.54) is 0 Å². The molecule has 6 nitrogen and oxygen atoms in total. The van der Waals surface area contributed by atoms with E-state index in [1.54, 1.807) is 6.92 Å². The van der Waals surface area contributed by atoms with Crippen LogP contribution in [0.5, 0.6) is 5.75 Å². The molecule has 0 radical (unpaired) electrons. The summed E-state index contributed by atoms with van der Waals surface area (Å²) in [5, 5.41) is 13.2. The minimum atomic E-state index is -0.290. The summed E-state index contributed by atoms with van der Waals surface area (Å²) in [6.45, 7) is 5.88. The second-order valence-electron chi connectivity index (χ2n) is 4.75. The van der Waals surface area contributed by atoms with Crippen LogP contribution in [-0.4, -0.2) is 28.9 Å². The number of hydrogen-bond acceptors (Lipinski definition) is 3. The molecule has 0 unspecified atom stereocenters. The largest absolute Gasteiger partial charge is 0.481 e. The van der Waals surface area contributed by atoms with Crippen molar-refractivity contribution in [1.82, 2.24) is 15.5 Å². The number of aromatic nitrogens is 2. The monoisotopic (exact) mass is 286 g/mol. The summed E-state index contributed by atoms with van der Waals surface area (Å²) in [5.41, 5.74) is 0.823. The van der Waals surface area contributed by atoms with Gasteiger partial charge in [-0.25, -0.2) is 4.79 Å². The van der Waals surface area contributed by atoms with Gasteiger partial charge in [0.05, 0.1) is 5.52 Å². The van der Waals surface area contributed by atoms with Crippen molar-refractivity contribution in [2.75, 3.05) is 11.9 Å². The van der Waals surface area contributed by atoms with Gasteiger partial charge in [-0.2, -0.15) is 5.10 Å². The highest BCUT2D eigenvalue weighted by molar-refractivity contribution is 5.99. The molecule has 110 valence electrons. The number of urea groups is 1. The first-order chi connectivity index (χ1) is 10.1. The molecule has 0 bridgehead atoms. The van der Waals surface area contributed by atoms with Crippen molar-refractivity contribution >= 4 is 22.8 Å². The molecular formula is C15H18N4O2. The number of benzene rings is 1. The molecule has 1 aromatic heterocycles. The molecule has 0 aliphatic carbocycles. The van der Waals surface area contributed by atoms with Gasteiger partial charge in [0.2, 0.25) is 0 Å². The van der Waals surface area contributed by atoms with Crippen LogP contribution in [0.15, 0.2) is 18.2 Å². The number of carbonyl (C=O) groups is 1. The first kappa shape index (κ1) is 14.7. The van der Waals surface area contributed by atoms with Crippen LogP contribution in [0.3, 0.4) is 0 Å². The summed E-state index contributed by atoms with van der Waals surface area (Å²) in [5.74, 6) is 6.75.